The summed E-state index contributed by atoms with van der Waals surface area (Å²) < 4.78 is 7.58. The average molecular weight is 382 g/mol. The average Bonchev–Trinajstić information content (AvgIpc) is 3.05. The van der Waals surface area contributed by atoms with Crippen LogP contribution in [0.3, 0.4) is 0 Å². The lowest BCUT2D eigenvalue weighted by atomic mass is 10.2. The molecule has 0 aliphatic heterocycles. The summed E-state index contributed by atoms with van der Waals surface area (Å²) in [4.78, 5) is 12.1. The van der Waals surface area contributed by atoms with Crippen molar-refractivity contribution in [3.05, 3.63) is 72.1 Å². The molecule has 27 heavy (non-hydrogen) atoms. The largest absolute Gasteiger partial charge is 0.492 e. The maximum absolute atomic E-state index is 12.1. The zero-order valence-corrected chi connectivity index (χ0v) is 16.0. The molecule has 1 amide bonds. The SMILES string of the molecule is Cc1nnc(SCC(=O)NCCOc2ccccc2)n1Cc1ccccc1. The van der Waals surface area contributed by atoms with E-state index in [1.165, 1.54) is 17.3 Å². The van der Waals surface area contributed by atoms with E-state index in [-0.39, 0.29) is 11.7 Å². The van der Waals surface area contributed by atoms with Crippen LogP contribution in [0.15, 0.2) is 65.8 Å². The predicted molar refractivity (Wildman–Crippen MR) is 106 cm³/mol. The summed E-state index contributed by atoms with van der Waals surface area (Å²) in [5.74, 6) is 1.87. The number of carbonyl (C=O) groups excluding carboxylic acids is 1. The molecule has 0 saturated carbocycles. The van der Waals surface area contributed by atoms with Crippen LogP contribution >= 0.6 is 11.8 Å². The van der Waals surface area contributed by atoms with E-state index in [0.29, 0.717) is 19.7 Å². The van der Waals surface area contributed by atoms with Crippen LogP contribution in [0.4, 0.5) is 0 Å². The van der Waals surface area contributed by atoms with Gasteiger partial charge in [0.15, 0.2) is 5.16 Å². The number of carbonyl (C=O) groups is 1. The molecule has 2 aromatic carbocycles. The Morgan fingerprint density at radius 1 is 1.07 bits per heavy atom. The van der Waals surface area contributed by atoms with Crippen molar-refractivity contribution in [1.82, 2.24) is 20.1 Å². The molecule has 3 rings (SSSR count). The lowest BCUT2D eigenvalue weighted by Gasteiger charge is -2.09. The third-order valence-electron chi connectivity index (χ3n) is 3.85. The minimum atomic E-state index is -0.0522. The minimum Gasteiger partial charge on any atom is -0.492 e. The summed E-state index contributed by atoms with van der Waals surface area (Å²) in [6.07, 6.45) is 0. The second kappa shape index (κ2) is 9.78. The minimum absolute atomic E-state index is 0.0522. The van der Waals surface area contributed by atoms with Gasteiger partial charge in [-0.05, 0) is 24.6 Å². The molecule has 6 nitrogen and oxygen atoms in total. The van der Waals surface area contributed by atoms with Gasteiger partial charge in [0, 0.05) is 0 Å². The fourth-order valence-corrected chi connectivity index (χ4v) is 3.29. The molecular weight excluding hydrogens is 360 g/mol. The van der Waals surface area contributed by atoms with Gasteiger partial charge in [-0.3, -0.25) is 4.79 Å². The van der Waals surface area contributed by atoms with Crippen LogP contribution in [0.25, 0.3) is 0 Å². The van der Waals surface area contributed by atoms with E-state index >= 15 is 0 Å². The van der Waals surface area contributed by atoms with E-state index in [1.807, 2.05) is 60.0 Å². The Morgan fingerprint density at radius 2 is 1.78 bits per heavy atom. The van der Waals surface area contributed by atoms with E-state index in [9.17, 15) is 4.79 Å². The first-order valence-electron chi connectivity index (χ1n) is 8.73. The Kier molecular flexibility index (Phi) is 6.87. The van der Waals surface area contributed by atoms with Crippen molar-refractivity contribution in [2.45, 2.75) is 18.6 Å². The molecular formula is C20H22N4O2S. The summed E-state index contributed by atoms with van der Waals surface area (Å²) in [5, 5.41) is 11.9. The van der Waals surface area contributed by atoms with E-state index in [2.05, 4.69) is 27.6 Å². The maximum Gasteiger partial charge on any atom is 0.230 e. The Bertz CT molecular complexity index is 853. The van der Waals surface area contributed by atoms with E-state index in [1.54, 1.807) is 0 Å². The summed E-state index contributed by atoms with van der Waals surface area (Å²) >= 11 is 1.39. The first-order chi connectivity index (χ1) is 13.2. The van der Waals surface area contributed by atoms with Crippen molar-refractivity contribution in [1.29, 1.82) is 0 Å². The lowest BCUT2D eigenvalue weighted by molar-refractivity contribution is -0.118. The van der Waals surface area contributed by atoms with E-state index < -0.39 is 0 Å². The first-order valence-corrected chi connectivity index (χ1v) is 9.72. The van der Waals surface area contributed by atoms with Crippen molar-refractivity contribution in [3.63, 3.8) is 0 Å². The second-order valence-electron chi connectivity index (χ2n) is 5.90. The van der Waals surface area contributed by atoms with Gasteiger partial charge in [-0.25, -0.2) is 0 Å². The number of rotatable bonds is 9. The lowest BCUT2D eigenvalue weighted by Crippen LogP contribution is -2.29. The van der Waals surface area contributed by atoms with Crippen molar-refractivity contribution in [2.75, 3.05) is 18.9 Å². The summed E-state index contributed by atoms with van der Waals surface area (Å²) in [6.45, 7) is 3.50. The van der Waals surface area contributed by atoms with Crippen LogP contribution in [0.5, 0.6) is 5.75 Å². The molecule has 140 valence electrons. The number of nitrogens with one attached hydrogen (secondary N) is 1. The van der Waals surface area contributed by atoms with Gasteiger partial charge < -0.3 is 14.6 Å². The highest BCUT2D eigenvalue weighted by atomic mass is 32.2. The molecule has 0 aliphatic rings. The third-order valence-corrected chi connectivity index (χ3v) is 4.82. The zero-order chi connectivity index (χ0) is 18.9. The van der Waals surface area contributed by atoms with Gasteiger partial charge in [0.2, 0.25) is 5.91 Å². The van der Waals surface area contributed by atoms with Gasteiger partial charge in [-0.15, -0.1) is 10.2 Å². The number of ether oxygens (including phenoxy) is 1. The number of aromatic nitrogens is 3. The summed E-state index contributed by atoms with van der Waals surface area (Å²) in [5.41, 5.74) is 1.17. The molecule has 0 bridgehead atoms. The van der Waals surface area contributed by atoms with Crippen LogP contribution in [0, 0.1) is 6.92 Å². The zero-order valence-electron chi connectivity index (χ0n) is 15.2. The van der Waals surface area contributed by atoms with Gasteiger partial charge in [-0.1, -0.05) is 60.3 Å². The first kappa shape index (κ1) is 19.0. The fourth-order valence-electron chi connectivity index (χ4n) is 2.47. The van der Waals surface area contributed by atoms with Gasteiger partial charge >= 0.3 is 0 Å². The summed E-state index contributed by atoms with van der Waals surface area (Å²) in [6, 6.07) is 19.7. The van der Waals surface area contributed by atoms with Crippen LogP contribution in [0.2, 0.25) is 0 Å². The molecule has 0 spiro atoms. The molecule has 0 aliphatic carbocycles. The molecule has 0 fully saturated rings. The van der Waals surface area contributed by atoms with Crippen molar-refractivity contribution in [2.24, 2.45) is 0 Å². The molecule has 0 saturated heterocycles. The number of thioether (sulfide) groups is 1. The standard InChI is InChI=1S/C20H22N4O2S/c1-16-22-23-20(24(16)14-17-8-4-2-5-9-17)27-15-19(25)21-12-13-26-18-10-6-3-7-11-18/h2-11H,12-15H2,1H3,(H,21,25). The Labute approximate surface area is 163 Å². The molecule has 7 heteroatoms. The van der Waals surface area contributed by atoms with Gasteiger partial charge in [0.1, 0.15) is 18.2 Å². The highest BCUT2D eigenvalue weighted by Crippen LogP contribution is 2.18. The van der Waals surface area contributed by atoms with Crippen molar-refractivity contribution in [3.8, 4) is 5.75 Å². The van der Waals surface area contributed by atoms with Crippen LogP contribution in [0.1, 0.15) is 11.4 Å². The maximum atomic E-state index is 12.1. The number of aryl methyl sites for hydroxylation is 1. The van der Waals surface area contributed by atoms with Crippen molar-refractivity contribution >= 4 is 17.7 Å². The summed E-state index contributed by atoms with van der Waals surface area (Å²) in [7, 11) is 0. The molecule has 1 N–H and O–H groups in total. The normalized spacial score (nSPS) is 10.6. The molecule has 0 radical (unpaired) electrons. The Balaban J connectivity index is 1.43. The van der Waals surface area contributed by atoms with E-state index in [4.69, 9.17) is 4.74 Å². The van der Waals surface area contributed by atoms with E-state index in [0.717, 1.165) is 16.7 Å². The highest BCUT2D eigenvalue weighted by molar-refractivity contribution is 7.99. The van der Waals surface area contributed by atoms with Gasteiger partial charge in [0.25, 0.3) is 0 Å². The quantitative estimate of drug-likeness (QED) is 0.455. The number of amides is 1. The molecule has 1 aromatic heterocycles. The highest BCUT2D eigenvalue weighted by Gasteiger charge is 2.12. The number of benzene rings is 2. The molecule has 3 aromatic rings. The third kappa shape index (κ3) is 5.86. The Hall–Kier alpha value is -2.80. The fraction of sp³-hybridized carbons (Fsp3) is 0.250. The van der Waals surface area contributed by atoms with Crippen molar-refractivity contribution < 1.29 is 9.53 Å². The number of para-hydroxylation sites is 1. The Morgan fingerprint density at radius 3 is 2.52 bits per heavy atom. The molecule has 1 heterocycles. The topological polar surface area (TPSA) is 69.0 Å². The second-order valence-corrected chi connectivity index (χ2v) is 6.84. The number of hydrogen-bond donors (Lipinski definition) is 1. The van der Waals surface area contributed by atoms with Crippen LogP contribution in [-0.4, -0.2) is 39.6 Å². The molecule has 0 unspecified atom stereocenters. The van der Waals surface area contributed by atoms with Crippen LogP contribution in [-0.2, 0) is 11.3 Å². The predicted octanol–water partition coefficient (Wildman–Crippen LogP) is 2.92. The number of hydrogen-bond acceptors (Lipinski definition) is 5. The smallest absolute Gasteiger partial charge is 0.230 e. The van der Waals surface area contributed by atoms with Crippen LogP contribution < -0.4 is 10.1 Å². The molecule has 0 atom stereocenters. The number of nitrogens with zero attached hydrogens (tertiary/aromatic N) is 3. The monoisotopic (exact) mass is 382 g/mol. The van der Waals surface area contributed by atoms with Gasteiger partial charge in [0.05, 0.1) is 18.8 Å². The van der Waals surface area contributed by atoms with Gasteiger partial charge in [-0.2, -0.15) is 0 Å².